The molecule has 4 aromatic rings. The van der Waals surface area contributed by atoms with Gasteiger partial charge in [0.05, 0.1) is 5.56 Å². The number of benzene rings is 3. The van der Waals surface area contributed by atoms with Crippen molar-refractivity contribution in [3.8, 4) is 17.0 Å². The van der Waals surface area contributed by atoms with Crippen LogP contribution in [0, 0.1) is 6.92 Å². The van der Waals surface area contributed by atoms with Crippen LogP contribution in [-0.2, 0) is 27.5 Å². The Morgan fingerprint density at radius 1 is 1.03 bits per heavy atom. The number of ether oxygens (including phenoxy) is 1. The molecule has 0 aliphatic heterocycles. The van der Waals surface area contributed by atoms with Crippen LogP contribution in [0.1, 0.15) is 52.9 Å². The molecule has 0 unspecified atom stereocenters. The molecule has 1 heterocycles. The fourth-order valence-corrected chi connectivity index (χ4v) is 4.04. The molecule has 200 valence electrons. The molecule has 2 amide bonds. The minimum absolute atomic E-state index is 0.100. The van der Waals surface area contributed by atoms with Gasteiger partial charge in [-0.2, -0.15) is 0 Å². The molecule has 0 bridgehead atoms. The maximum Gasteiger partial charge on any atom is 0.363 e. The third-order valence-electron chi connectivity index (χ3n) is 5.79. The number of amides is 2. The van der Waals surface area contributed by atoms with Gasteiger partial charge in [0.1, 0.15) is 23.8 Å². The van der Waals surface area contributed by atoms with Crippen molar-refractivity contribution in [1.82, 2.24) is 10.0 Å². The summed E-state index contributed by atoms with van der Waals surface area (Å²) in [7, 11) is 0. The SMILES string of the molecule is CCCC(=O)N(C=O)OC(=O)c1ccc(OCc2ccc(-c3nc(Cc4cccc(Cl)c4)oc3C)cc2)cc1. The number of nitrogens with zero attached hydrogens (tertiary/aromatic N) is 2. The van der Waals surface area contributed by atoms with Crippen molar-refractivity contribution in [2.75, 3.05) is 0 Å². The number of imide groups is 1. The maximum absolute atomic E-state index is 12.3. The van der Waals surface area contributed by atoms with E-state index in [0.717, 1.165) is 28.1 Å². The molecule has 0 saturated heterocycles. The fraction of sp³-hybridized carbons (Fsp3) is 0.200. The summed E-state index contributed by atoms with van der Waals surface area (Å²) in [5.41, 5.74) is 3.87. The summed E-state index contributed by atoms with van der Waals surface area (Å²) in [4.78, 5) is 44.7. The molecule has 8 nitrogen and oxygen atoms in total. The highest BCUT2D eigenvalue weighted by Crippen LogP contribution is 2.26. The second kappa shape index (κ2) is 12.9. The molecule has 3 aromatic carbocycles. The van der Waals surface area contributed by atoms with Crippen molar-refractivity contribution >= 4 is 29.9 Å². The molecule has 0 fully saturated rings. The van der Waals surface area contributed by atoms with E-state index in [4.69, 9.17) is 25.6 Å². The number of hydrogen-bond donors (Lipinski definition) is 0. The lowest BCUT2D eigenvalue weighted by Crippen LogP contribution is -2.32. The summed E-state index contributed by atoms with van der Waals surface area (Å²) in [6.45, 7) is 3.99. The Labute approximate surface area is 231 Å². The Kier molecular flexibility index (Phi) is 9.12. The van der Waals surface area contributed by atoms with Crippen molar-refractivity contribution < 1.29 is 28.4 Å². The molecule has 0 aliphatic rings. The summed E-state index contributed by atoms with van der Waals surface area (Å²) in [5.74, 6) is 0.510. The number of oxazole rings is 1. The van der Waals surface area contributed by atoms with E-state index in [1.165, 1.54) is 12.1 Å². The van der Waals surface area contributed by atoms with Crippen LogP contribution >= 0.6 is 11.6 Å². The zero-order chi connectivity index (χ0) is 27.8. The molecular weight excluding hydrogens is 520 g/mol. The molecule has 0 radical (unpaired) electrons. The summed E-state index contributed by atoms with van der Waals surface area (Å²) in [6.07, 6.45) is 1.36. The molecule has 1 aromatic heterocycles. The standard InChI is InChI=1S/C30H27ClN2O6/c1-3-5-28(35)33(19-34)39-30(36)24-12-14-26(15-13-24)37-18-21-8-10-23(11-9-21)29-20(2)38-27(32-29)17-22-6-4-7-25(31)16-22/h4,6-16,19H,3,5,17-18H2,1-2H3. The van der Waals surface area contributed by atoms with E-state index in [1.807, 2.05) is 55.5 Å². The summed E-state index contributed by atoms with van der Waals surface area (Å²) >= 11 is 6.08. The van der Waals surface area contributed by atoms with Crippen LogP contribution in [0.2, 0.25) is 5.02 Å². The van der Waals surface area contributed by atoms with Crippen molar-refractivity contribution in [3.05, 3.63) is 106 Å². The van der Waals surface area contributed by atoms with Gasteiger partial charge >= 0.3 is 5.97 Å². The lowest BCUT2D eigenvalue weighted by molar-refractivity contribution is -0.171. The highest BCUT2D eigenvalue weighted by molar-refractivity contribution is 6.30. The average molecular weight is 547 g/mol. The first-order chi connectivity index (χ1) is 18.9. The van der Waals surface area contributed by atoms with Crippen molar-refractivity contribution in [1.29, 1.82) is 0 Å². The van der Waals surface area contributed by atoms with Gasteiger partial charge in [0.15, 0.2) is 5.89 Å². The average Bonchev–Trinajstić information content (AvgIpc) is 3.30. The minimum atomic E-state index is -0.812. The van der Waals surface area contributed by atoms with Gasteiger partial charge in [-0.15, -0.1) is 5.06 Å². The van der Waals surface area contributed by atoms with Gasteiger partial charge in [0.25, 0.3) is 12.3 Å². The van der Waals surface area contributed by atoms with Crippen LogP contribution in [0.4, 0.5) is 0 Å². The Morgan fingerprint density at radius 2 is 1.77 bits per heavy atom. The number of carbonyl (C=O) groups excluding carboxylic acids is 3. The van der Waals surface area contributed by atoms with Gasteiger partial charge in [-0.3, -0.25) is 9.59 Å². The second-order valence-electron chi connectivity index (χ2n) is 8.78. The zero-order valence-corrected chi connectivity index (χ0v) is 22.3. The molecule has 0 spiro atoms. The minimum Gasteiger partial charge on any atom is -0.489 e. The smallest absolute Gasteiger partial charge is 0.363 e. The molecule has 0 aliphatic carbocycles. The van der Waals surface area contributed by atoms with Crippen LogP contribution in [-0.4, -0.2) is 28.3 Å². The predicted octanol–water partition coefficient (Wildman–Crippen LogP) is 6.33. The van der Waals surface area contributed by atoms with Gasteiger partial charge < -0.3 is 14.0 Å². The monoisotopic (exact) mass is 546 g/mol. The molecule has 0 saturated carbocycles. The van der Waals surface area contributed by atoms with Crippen LogP contribution in [0.25, 0.3) is 11.3 Å². The third kappa shape index (κ3) is 7.33. The van der Waals surface area contributed by atoms with E-state index >= 15 is 0 Å². The predicted molar refractivity (Wildman–Crippen MR) is 145 cm³/mol. The lowest BCUT2D eigenvalue weighted by atomic mass is 10.1. The number of halogens is 1. The largest absolute Gasteiger partial charge is 0.489 e. The van der Waals surface area contributed by atoms with E-state index in [0.29, 0.717) is 41.2 Å². The normalized spacial score (nSPS) is 10.6. The molecule has 0 atom stereocenters. The van der Waals surface area contributed by atoms with Gasteiger partial charge in [-0.05, 0) is 60.9 Å². The Balaban J connectivity index is 1.33. The summed E-state index contributed by atoms with van der Waals surface area (Å²) in [6, 6.07) is 21.7. The van der Waals surface area contributed by atoms with Crippen LogP contribution in [0.3, 0.4) is 0 Å². The topological polar surface area (TPSA) is 98.9 Å². The van der Waals surface area contributed by atoms with E-state index < -0.39 is 11.9 Å². The van der Waals surface area contributed by atoms with E-state index in [1.54, 1.807) is 19.1 Å². The van der Waals surface area contributed by atoms with E-state index in [-0.39, 0.29) is 18.4 Å². The second-order valence-corrected chi connectivity index (χ2v) is 9.22. The first-order valence-corrected chi connectivity index (χ1v) is 12.8. The van der Waals surface area contributed by atoms with Gasteiger partial charge in [0.2, 0.25) is 0 Å². The number of aryl methyl sites for hydroxylation is 1. The van der Waals surface area contributed by atoms with Crippen LogP contribution in [0.5, 0.6) is 5.75 Å². The summed E-state index contributed by atoms with van der Waals surface area (Å²) < 4.78 is 11.7. The van der Waals surface area contributed by atoms with Crippen molar-refractivity contribution in [3.63, 3.8) is 0 Å². The highest BCUT2D eigenvalue weighted by atomic mass is 35.5. The van der Waals surface area contributed by atoms with Crippen molar-refractivity contribution in [2.45, 2.75) is 39.7 Å². The number of hydrogen-bond acceptors (Lipinski definition) is 7. The number of aromatic nitrogens is 1. The molecular formula is C30H27ClN2O6. The first kappa shape index (κ1) is 27.6. The highest BCUT2D eigenvalue weighted by Gasteiger charge is 2.19. The van der Waals surface area contributed by atoms with Gasteiger partial charge in [0, 0.05) is 23.4 Å². The number of carbonyl (C=O) groups is 3. The lowest BCUT2D eigenvalue weighted by Gasteiger charge is -2.14. The Hall–Kier alpha value is -4.43. The maximum atomic E-state index is 12.3. The number of hydroxylamine groups is 2. The van der Waals surface area contributed by atoms with Crippen LogP contribution < -0.4 is 4.74 Å². The van der Waals surface area contributed by atoms with Crippen molar-refractivity contribution in [2.24, 2.45) is 0 Å². The molecule has 39 heavy (non-hydrogen) atoms. The quantitative estimate of drug-likeness (QED) is 0.169. The van der Waals surface area contributed by atoms with Crippen LogP contribution in [0.15, 0.2) is 77.2 Å². The third-order valence-corrected chi connectivity index (χ3v) is 6.03. The zero-order valence-electron chi connectivity index (χ0n) is 21.6. The van der Waals surface area contributed by atoms with E-state index in [2.05, 4.69) is 4.98 Å². The van der Waals surface area contributed by atoms with Gasteiger partial charge in [-0.25, -0.2) is 9.78 Å². The first-order valence-electron chi connectivity index (χ1n) is 12.4. The molecule has 9 heteroatoms. The fourth-order valence-electron chi connectivity index (χ4n) is 3.83. The molecule has 4 rings (SSSR count). The molecule has 0 N–H and O–H groups in total. The van der Waals surface area contributed by atoms with Gasteiger partial charge in [-0.1, -0.05) is 54.9 Å². The Bertz CT molecular complexity index is 1450. The Morgan fingerprint density at radius 3 is 2.44 bits per heavy atom. The summed E-state index contributed by atoms with van der Waals surface area (Å²) in [5, 5.41) is 1.09. The van der Waals surface area contributed by atoms with E-state index in [9.17, 15) is 14.4 Å². The number of rotatable bonds is 10.